The molecule has 108 valence electrons. The number of carboxylic acid groups (broad SMARTS) is 2. The van der Waals surface area contributed by atoms with Gasteiger partial charge in [0.2, 0.25) is 0 Å². The SMILES string of the molecule is COC(=O)NCc1cc(C(=O)O)c(NC(=O)C(=O)O)s1. The molecule has 0 aliphatic rings. The number of carbonyl (C=O) groups excluding carboxylic acids is 2. The van der Waals surface area contributed by atoms with Crippen molar-refractivity contribution in [1.29, 1.82) is 0 Å². The van der Waals surface area contributed by atoms with Gasteiger partial charge in [-0.1, -0.05) is 0 Å². The van der Waals surface area contributed by atoms with Crippen molar-refractivity contribution in [2.45, 2.75) is 6.54 Å². The highest BCUT2D eigenvalue weighted by atomic mass is 32.1. The summed E-state index contributed by atoms with van der Waals surface area (Å²) in [7, 11) is 1.17. The summed E-state index contributed by atoms with van der Waals surface area (Å²) < 4.78 is 4.34. The van der Waals surface area contributed by atoms with Gasteiger partial charge in [-0.2, -0.15) is 0 Å². The summed E-state index contributed by atoms with van der Waals surface area (Å²) in [5, 5.41) is 21.6. The Balaban J connectivity index is 2.90. The first-order valence-corrected chi connectivity index (χ1v) is 5.89. The first-order chi connectivity index (χ1) is 9.35. The Hall–Kier alpha value is -2.62. The minimum Gasteiger partial charge on any atom is -0.478 e. The minimum absolute atomic E-state index is 0.0133. The van der Waals surface area contributed by atoms with E-state index in [-0.39, 0.29) is 17.1 Å². The molecular weight excluding hydrogens is 292 g/mol. The van der Waals surface area contributed by atoms with Crippen LogP contribution in [0.4, 0.5) is 9.80 Å². The smallest absolute Gasteiger partial charge is 0.407 e. The highest BCUT2D eigenvalue weighted by Crippen LogP contribution is 2.28. The summed E-state index contributed by atoms with van der Waals surface area (Å²) >= 11 is 0.840. The molecule has 0 saturated carbocycles. The van der Waals surface area contributed by atoms with E-state index in [9.17, 15) is 19.2 Å². The molecule has 0 aliphatic carbocycles. The number of nitrogens with one attached hydrogen (secondary N) is 2. The third-order valence-corrected chi connectivity index (χ3v) is 3.08. The average Bonchev–Trinajstić information content (AvgIpc) is 2.78. The zero-order chi connectivity index (χ0) is 15.3. The molecule has 1 rings (SSSR count). The van der Waals surface area contributed by atoms with Gasteiger partial charge in [-0.25, -0.2) is 14.4 Å². The number of amides is 2. The highest BCUT2D eigenvalue weighted by Gasteiger charge is 2.20. The summed E-state index contributed by atoms with van der Waals surface area (Å²) in [6, 6.07) is 1.22. The number of alkyl carbamates (subject to hydrolysis) is 1. The lowest BCUT2D eigenvalue weighted by Crippen LogP contribution is -2.22. The fourth-order valence-corrected chi connectivity index (χ4v) is 2.15. The summed E-state index contributed by atoms with van der Waals surface area (Å²) in [5.74, 6) is -4.41. The largest absolute Gasteiger partial charge is 0.478 e. The predicted octanol–water partition coefficient (Wildman–Crippen LogP) is 0.325. The van der Waals surface area contributed by atoms with E-state index >= 15 is 0 Å². The Bertz CT molecular complexity index is 566. The van der Waals surface area contributed by atoms with Gasteiger partial charge < -0.3 is 25.6 Å². The van der Waals surface area contributed by atoms with E-state index in [1.807, 2.05) is 5.32 Å². The zero-order valence-electron chi connectivity index (χ0n) is 10.1. The topological polar surface area (TPSA) is 142 Å². The molecule has 10 heteroatoms. The molecule has 2 amide bonds. The molecule has 0 atom stereocenters. The number of carbonyl (C=O) groups is 4. The molecule has 0 aromatic carbocycles. The van der Waals surface area contributed by atoms with Crippen LogP contribution in [-0.2, 0) is 20.9 Å². The Kier molecular flexibility index (Phi) is 5.03. The number of hydrogen-bond acceptors (Lipinski definition) is 6. The number of rotatable bonds is 4. The van der Waals surface area contributed by atoms with E-state index in [0.29, 0.717) is 4.88 Å². The first-order valence-electron chi connectivity index (χ1n) is 5.07. The van der Waals surface area contributed by atoms with Gasteiger partial charge in [0.1, 0.15) is 5.00 Å². The van der Waals surface area contributed by atoms with Crippen molar-refractivity contribution in [1.82, 2.24) is 5.32 Å². The van der Waals surface area contributed by atoms with Gasteiger partial charge in [0.15, 0.2) is 0 Å². The van der Waals surface area contributed by atoms with Crippen LogP contribution in [0, 0.1) is 0 Å². The lowest BCUT2D eigenvalue weighted by atomic mass is 10.3. The summed E-state index contributed by atoms with van der Waals surface area (Å²) in [6.07, 6.45) is -0.702. The van der Waals surface area contributed by atoms with E-state index < -0.39 is 23.9 Å². The molecule has 0 radical (unpaired) electrons. The summed E-state index contributed by atoms with van der Waals surface area (Å²) in [5.41, 5.74) is -0.258. The van der Waals surface area contributed by atoms with E-state index in [1.54, 1.807) is 0 Å². The third-order valence-electron chi connectivity index (χ3n) is 2.03. The lowest BCUT2D eigenvalue weighted by molar-refractivity contribution is -0.147. The van der Waals surface area contributed by atoms with Crippen LogP contribution < -0.4 is 10.6 Å². The molecule has 20 heavy (non-hydrogen) atoms. The van der Waals surface area contributed by atoms with Crippen molar-refractivity contribution in [3.05, 3.63) is 16.5 Å². The van der Waals surface area contributed by atoms with E-state index in [0.717, 1.165) is 11.3 Å². The molecule has 4 N–H and O–H groups in total. The molecule has 9 nitrogen and oxygen atoms in total. The zero-order valence-corrected chi connectivity index (χ0v) is 10.9. The second-order valence-electron chi connectivity index (χ2n) is 3.37. The van der Waals surface area contributed by atoms with Crippen LogP contribution in [0.15, 0.2) is 6.07 Å². The Labute approximate surface area is 116 Å². The standard InChI is InChI=1S/C10H10N2O7S/c1-19-10(18)11-3-4-2-5(8(14)15)7(20-4)12-6(13)9(16)17/h2H,3H2,1H3,(H,11,18)(H,12,13)(H,14,15)(H,16,17). The van der Waals surface area contributed by atoms with Crippen molar-refractivity contribution < 1.29 is 34.1 Å². The van der Waals surface area contributed by atoms with Crippen molar-refractivity contribution in [2.75, 3.05) is 12.4 Å². The van der Waals surface area contributed by atoms with Crippen molar-refractivity contribution >= 4 is 40.3 Å². The fourth-order valence-electron chi connectivity index (χ4n) is 1.17. The van der Waals surface area contributed by atoms with Gasteiger partial charge in [0, 0.05) is 4.88 Å². The second kappa shape index (κ2) is 6.52. The number of carboxylic acids is 2. The maximum atomic E-state index is 11.0. The van der Waals surface area contributed by atoms with Crippen LogP contribution in [-0.4, -0.2) is 41.3 Å². The normalized spacial score (nSPS) is 9.65. The molecule has 0 unspecified atom stereocenters. The van der Waals surface area contributed by atoms with Crippen LogP contribution in [0.2, 0.25) is 0 Å². The molecular formula is C10H10N2O7S. The number of aliphatic carboxylic acids is 1. The maximum Gasteiger partial charge on any atom is 0.407 e. The van der Waals surface area contributed by atoms with Crippen molar-refractivity contribution in [3.63, 3.8) is 0 Å². The molecule has 0 saturated heterocycles. The molecule has 1 aromatic rings. The molecule has 0 aliphatic heterocycles. The fraction of sp³-hybridized carbons (Fsp3) is 0.200. The molecule has 0 bridgehead atoms. The average molecular weight is 302 g/mol. The van der Waals surface area contributed by atoms with Gasteiger partial charge in [-0.3, -0.25) is 4.79 Å². The molecule has 1 heterocycles. The van der Waals surface area contributed by atoms with Crippen LogP contribution >= 0.6 is 11.3 Å². The minimum atomic E-state index is -1.73. The Morgan fingerprint density at radius 1 is 1.30 bits per heavy atom. The van der Waals surface area contributed by atoms with Gasteiger partial charge >= 0.3 is 23.9 Å². The van der Waals surface area contributed by atoms with Crippen molar-refractivity contribution in [2.24, 2.45) is 0 Å². The van der Waals surface area contributed by atoms with Crippen LogP contribution in [0.5, 0.6) is 0 Å². The quantitative estimate of drug-likeness (QED) is 0.587. The molecule has 0 fully saturated rings. The summed E-state index contributed by atoms with van der Waals surface area (Å²) in [6.45, 7) is -0.0133. The van der Waals surface area contributed by atoms with Crippen LogP contribution in [0.25, 0.3) is 0 Å². The second-order valence-corrected chi connectivity index (χ2v) is 4.50. The van der Waals surface area contributed by atoms with Gasteiger partial charge in [-0.15, -0.1) is 11.3 Å². The van der Waals surface area contributed by atoms with E-state index in [1.165, 1.54) is 13.2 Å². The van der Waals surface area contributed by atoms with Gasteiger partial charge in [0.25, 0.3) is 0 Å². The van der Waals surface area contributed by atoms with Gasteiger partial charge in [0.05, 0.1) is 19.2 Å². The number of anilines is 1. The van der Waals surface area contributed by atoms with Gasteiger partial charge in [-0.05, 0) is 6.07 Å². The van der Waals surface area contributed by atoms with Crippen molar-refractivity contribution in [3.8, 4) is 0 Å². The first kappa shape index (κ1) is 15.4. The number of ether oxygens (including phenoxy) is 1. The van der Waals surface area contributed by atoms with E-state index in [4.69, 9.17) is 10.2 Å². The monoisotopic (exact) mass is 302 g/mol. The summed E-state index contributed by atoms with van der Waals surface area (Å²) in [4.78, 5) is 43.7. The number of methoxy groups -OCH3 is 1. The maximum absolute atomic E-state index is 11.0. The predicted molar refractivity (Wildman–Crippen MR) is 66.8 cm³/mol. The number of hydrogen-bond donors (Lipinski definition) is 4. The number of aromatic carboxylic acids is 1. The third kappa shape index (κ3) is 3.95. The van der Waals surface area contributed by atoms with E-state index in [2.05, 4.69) is 10.1 Å². The Morgan fingerprint density at radius 2 is 1.95 bits per heavy atom. The lowest BCUT2D eigenvalue weighted by Gasteiger charge is -2.00. The highest BCUT2D eigenvalue weighted by molar-refractivity contribution is 7.16. The van der Waals surface area contributed by atoms with Crippen LogP contribution in [0.1, 0.15) is 15.2 Å². The molecule has 1 aromatic heterocycles. The molecule has 0 spiro atoms. The Morgan fingerprint density at radius 3 is 2.45 bits per heavy atom. The van der Waals surface area contributed by atoms with Crippen LogP contribution in [0.3, 0.4) is 0 Å². The number of thiophene rings is 1.